The zero-order valence-corrected chi connectivity index (χ0v) is 12.2. The highest BCUT2D eigenvalue weighted by Gasteiger charge is 2.11. The minimum absolute atomic E-state index is 0.00884. The number of rotatable bonds is 5. The first-order valence-corrected chi connectivity index (χ1v) is 7.22. The number of ether oxygens (including phenoxy) is 1. The van der Waals surface area contributed by atoms with Gasteiger partial charge in [-0.2, -0.15) is 0 Å². The van der Waals surface area contributed by atoms with E-state index in [0.29, 0.717) is 12.3 Å². The van der Waals surface area contributed by atoms with E-state index in [1.807, 2.05) is 31.4 Å². The summed E-state index contributed by atoms with van der Waals surface area (Å²) in [6.45, 7) is 4.63. The van der Waals surface area contributed by atoms with Crippen molar-refractivity contribution in [2.75, 3.05) is 11.9 Å². The molecule has 0 saturated heterocycles. The van der Waals surface area contributed by atoms with Crippen molar-refractivity contribution >= 4 is 23.1 Å². The smallest absolute Gasteiger partial charge is 0.316 e. The number of primary amides is 1. The van der Waals surface area contributed by atoms with Gasteiger partial charge in [0.15, 0.2) is 0 Å². The molecular weight excluding hydrogens is 274 g/mol. The summed E-state index contributed by atoms with van der Waals surface area (Å²) in [7, 11) is 0. The minimum Gasteiger partial charge on any atom is -0.372 e. The second-order valence-corrected chi connectivity index (χ2v) is 5.12. The number of carbonyl (C=O) groups is 1. The highest BCUT2D eigenvalue weighted by molar-refractivity contribution is 7.10. The molecule has 0 aliphatic carbocycles. The molecule has 0 bridgehead atoms. The van der Waals surface area contributed by atoms with Crippen molar-refractivity contribution in [3.05, 3.63) is 34.7 Å². The normalized spacial score (nSPS) is 12.1. The van der Waals surface area contributed by atoms with E-state index in [2.05, 4.69) is 10.3 Å². The maximum atomic E-state index is 10.7. The Morgan fingerprint density at radius 2 is 2.15 bits per heavy atom. The van der Waals surface area contributed by atoms with Crippen LogP contribution in [0.5, 0.6) is 0 Å². The van der Waals surface area contributed by atoms with Crippen LogP contribution in [0.2, 0.25) is 0 Å². The Hall–Kier alpha value is -1.92. The summed E-state index contributed by atoms with van der Waals surface area (Å²) in [5.74, 6) is 0. The summed E-state index contributed by atoms with van der Waals surface area (Å²) in [6.07, 6.45) is 0.00884. The molecule has 1 heterocycles. The van der Waals surface area contributed by atoms with Crippen LogP contribution in [0.3, 0.4) is 0 Å². The molecule has 1 atom stereocenters. The van der Waals surface area contributed by atoms with Crippen LogP contribution in [0.4, 0.5) is 10.5 Å². The summed E-state index contributed by atoms with van der Waals surface area (Å²) >= 11 is 1.58. The molecule has 1 aromatic heterocycles. The zero-order chi connectivity index (χ0) is 14.5. The van der Waals surface area contributed by atoms with Crippen molar-refractivity contribution < 1.29 is 9.53 Å². The third-order valence-corrected chi connectivity index (χ3v) is 3.74. The molecule has 20 heavy (non-hydrogen) atoms. The molecule has 0 radical (unpaired) electrons. The van der Waals surface area contributed by atoms with Crippen molar-refractivity contribution in [3.63, 3.8) is 0 Å². The van der Waals surface area contributed by atoms with Gasteiger partial charge in [-0.1, -0.05) is 12.1 Å². The third-order valence-electron chi connectivity index (χ3n) is 2.73. The van der Waals surface area contributed by atoms with Gasteiger partial charge in [0, 0.05) is 23.2 Å². The number of amides is 2. The molecule has 1 unspecified atom stereocenters. The van der Waals surface area contributed by atoms with Crippen LogP contribution in [-0.2, 0) is 4.74 Å². The monoisotopic (exact) mass is 291 g/mol. The second-order valence-electron chi connectivity index (χ2n) is 4.24. The molecule has 2 rings (SSSR count). The van der Waals surface area contributed by atoms with Gasteiger partial charge in [0.2, 0.25) is 0 Å². The first-order chi connectivity index (χ1) is 9.60. The highest BCUT2D eigenvalue weighted by Crippen LogP contribution is 2.27. The molecular formula is C14H17N3O2S. The van der Waals surface area contributed by atoms with Crippen LogP contribution in [0, 0.1) is 0 Å². The van der Waals surface area contributed by atoms with Crippen LogP contribution >= 0.6 is 11.3 Å². The lowest BCUT2D eigenvalue weighted by Crippen LogP contribution is -2.19. The average Bonchev–Trinajstić information content (AvgIpc) is 2.89. The summed E-state index contributed by atoms with van der Waals surface area (Å²) in [5, 5.41) is 5.49. The van der Waals surface area contributed by atoms with Gasteiger partial charge in [0.25, 0.3) is 0 Å². The molecule has 2 amide bonds. The number of hydrogen-bond donors (Lipinski definition) is 2. The maximum Gasteiger partial charge on any atom is 0.316 e. The van der Waals surface area contributed by atoms with Crippen LogP contribution in [0.1, 0.15) is 25.0 Å². The molecule has 1 aromatic carbocycles. The first kappa shape index (κ1) is 14.5. The number of nitrogens with two attached hydrogens (primary N) is 1. The van der Waals surface area contributed by atoms with Crippen molar-refractivity contribution in [3.8, 4) is 11.3 Å². The third kappa shape index (κ3) is 3.55. The number of nitrogens with one attached hydrogen (secondary N) is 1. The number of thiazole rings is 1. The number of benzene rings is 1. The average molecular weight is 291 g/mol. The van der Waals surface area contributed by atoms with Crippen LogP contribution in [0.25, 0.3) is 11.3 Å². The SMILES string of the molecule is CCOC(C)c1nc(-c2ccc(NC(N)=O)cc2)cs1. The number of urea groups is 1. The van der Waals surface area contributed by atoms with Gasteiger partial charge in [-0.25, -0.2) is 9.78 Å². The van der Waals surface area contributed by atoms with E-state index in [1.165, 1.54) is 0 Å². The van der Waals surface area contributed by atoms with Gasteiger partial charge in [0.05, 0.1) is 5.69 Å². The number of anilines is 1. The summed E-state index contributed by atoms with van der Waals surface area (Å²) in [6, 6.07) is 6.82. The van der Waals surface area contributed by atoms with E-state index in [0.717, 1.165) is 16.3 Å². The summed E-state index contributed by atoms with van der Waals surface area (Å²) in [5.41, 5.74) is 7.63. The summed E-state index contributed by atoms with van der Waals surface area (Å²) < 4.78 is 5.53. The Morgan fingerprint density at radius 3 is 2.75 bits per heavy atom. The fraction of sp³-hybridized carbons (Fsp3) is 0.286. The standard InChI is InChI=1S/C14H17N3O2S/c1-3-19-9(2)13-17-12(8-20-13)10-4-6-11(7-5-10)16-14(15)18/h4-9H,3H2,1-2H3,(H3,15,16,18). The molecule has 0 aliphatic heterocycles. The van der Waals surface area contributed by atoms with E-state index < -0.39 is 6.03 Å². The maximum absolute atomic E-state index is 10.7. The second kappa shape index (κ2) is 6.49. The number of nitrogens with zero attached hydrogens (tertiary/aromatic N) is 1. The van der Waals surface area contributed by atoms with Crippen molar-refractivity contribution in [2.45, 2.75) is 20.0 Å². The van der Waals surface area contributed by atoms with E-state index in [9.17, 15) is 4.79 Å². The Labute approximate surface area is 121 Å². The van der Waals surface area contributed by atoms with Crippen LogP contribution in [0.15, 0.2) is 29.6 Å². The molecule has 6 heteroatoms. The lowest BCUT2D eigenvalue weighted by Gasteiger charge is -2.07. The Kier molecular flexibility index (Phi) is 4.70. The lowest BCUT2D eigenvalue weighted by atomic mass is 10.1. The predicted octanol–water partition coefficient (Wildman–Crippen LogP) is 3.40. The quantitative estimate of drug-likeness (QED) is 0.886. The lowest BCUT2D eigenvalue weighted by molar-refractivity contribution is 0.0762. The number of aromatic nitrogens is 1. The van der Waals surface area contributed by atoms with E-state index in [1.54, 1.807) is 23.5 Å². The van der Waals surface area contributed by atoms with Gasteiger partial charge in [-0.15, -0.1) is 11.3 Å². The molecule has 0 fully saturated rings. The first-order valence-electron chi connectivity index (χ1n) is 6.34. The Bertz CT molecular complexity index is 580. The van der Waals surface area contributed by atoms with Crippen LogP contribution < -0.4 is 11.1 Å². The largest absolute Gasteiger partial charge is 0.372 e. The summed E-state index contributed by atoms with van der Waals surface area (Å²) in [4.78, 5) is 15.3. The van der Waals surface area contributed by atoms with E-state index >= 15 is 0 Å². The van der Waals surface area contributed by atoms with Crippen molar-refractivity contribution in [2.24, 2.45) is 5.73 Å². The molecule has 2 aromatic rings. The minimum atomic E-state index is -0.570. The molecule has 3 N–H and O–H groups in total. The van der Waals surface area contributed by atoms with Crippen molar-refractivity contribution in [1.29, 1.82) is 0 Å². The Morgan fingerprint density at radius 1 is 1.45 bits per heavy atom. The highest BCUT2D eigenvalue weighted by atomic mass is 32.1. The fourth-order valence-electron chi connectivity index (χ4n) is 1.79. The van der Waals surface area contributed by atoms with Gasteiger partial charge in [0.1, 0.15) is 11.1 Å². The van der Waals surface area contributed by atoms with Gasteiger partial charge >= 0.3 is 6.03 Å². The number of hydrogen-bond acceptors (Lipinski definition) is 4. The molecule has 106 valence electrons. The van der Waals surface area contributed by atoms with E-state index in [4.69, 9.17) is 10.5 Å². The molecule has 0 spiro atoms. The van der Waals surface area contributed by atoms with Crippen LogP contribution in [-0.4, -0.2) is 17.6 Å². The van der Waals surface area contributed by atoms with Gasteiger partial charge in [-0.05, 0) is 26.0 Å². The predicted molar refractivity (Wildman–Crippen MR) is 80.8 cm³/mol. The fourth-order valence-corrected chi connectivity index (χ4v) is 2.63. The molecule has 5 nitrogen and oxygen atoms in total. The molecule has 0 aliphatic rings. The van der Waals surface area contributed by atoms with Gasteiger partial charge < -0.3 is 15.8 Å². The van der Waals surface area contributed by atoms with Crippen molar-refractivity contribution in [1.82, 2.24) is 4.98 Å². The zero-order valence-electron chi connectivity index (χ0n) is 11.4. The van der Waals surface area contributed by atoms with E-state index in [-0.39, 0.29) is 6.10 Å². The topological polar surface area (TPSA) is 77.2 Å². The Balaban J connectivity index is 2.13. The number of carbonyl (C=O) groups excluding carboxylic acids is 1. The molecule has 0 saturated carbocycles. The van der Waals surface area contributed by atoms with Gasteiger partial charge in [-0.3, -0.25) is 0 Å².